The third-order valence-electron chi connectivity index (χ3n) is 5.38. The summed E-state index contributed by atoms with van der Waals surface area (Å²) in [7, 11) is 1.60. The second-order valence-electron chi connectivity index (χ2n) is 7.28. The number of carbonyl (C=O) groups is 3. The van der Waals surface area contributed by atoms with E-state index in [1.54, 1.807) is 42.3 Å². The third-order valence-corrected chi connectivity index (χ3v) is 6.21. The van der Waals surface area contributed by atoms with Gasteiger partial charge in [0.15, 0.2) is 0 Å². The summed E-state index contributed by atoms with van der Waals surface area (Å²) in [4.78, 5) is 40.8. The molecule has 0 saturated carbocycles. The zero-order valence-corrected chi connectivity index (χ0v) is 18.2. The molecule has 1 atom stereocenters. The molecule has 0 radical (unpaired) electrons. The predicted octanol–water partition coefficient (Wildman–Crippen LogP) is 3.09. The Hall–Kier alpha value is -2.97. The van der Waals surface area contributed by atoms with Gasteiger partial charge >= 0.3 is 6.03 Å². The van der Waals surface area contributed by atoms with E-state index in [-0.39, 0.29) is 48.9 Å². The summed E-state index contributed by atoms with van der Waals surface area (Å²) in [6, 6.07) is 7.55. The molecule has 1 aromatic heterocycles. The Kier molecular flexibility index (Phi) is 5.93. The van der Waals surface area contributed by atoms with Gasteiger partial charge in [0.25, 0.3) is 5.91 Å². The van der Waals surface area contributed by atoms with Gasteiger partial charge in [-0.1, -0.05) is 35.3 Å². The van der Waals surface area contributed by atoms with E-state index < -0.39 is 6.04 Å². The largest absolute Gasteiger partial charge is 0.467 e. The van der Waals surface area contributed by atoms with Crippen LogP contribution in [0.15, 0.2) is 52.3 Å². The fraction of sp³-hybridized carbons (Fsp3) is 0.286. The standard InChI is InChI=1S/C21H20Cl2N4O4/c1-26-15-11-27(8-7-16(28)24-10-12-4-3-9-31-12)20(29)17(15)19(25-21(26)30)13-5-2-6-14(22)18(13)23/h2-6,9,19H,7-8,10-11H2,1H3,(H,24,28)(H,25,30)/t19-/m0/s1. The van der Waals surface area contributed by atoms with Crippen LogP contribution in [0.25, 0.3) is 0 Å². The maximum atomic E-state index is 13.2. The third kappa shape index (κ3) is 4.13. The molecule has 2 aliphatic rings. The normalized spacial score (nSPS) is 18.4. The smallest absolute Gasteiger partial charge is 0.322 e. The van der Waals surface area contributed by atoms with Gasteiger partial charge < -0.3 is 20.0 Å². The van der Waals surface area contributed by atoms with Crippen LogP contribution in [0.1, 0.15) is 23.8 Å². The molecule has 2 aromatic rings. The minimum absolute atomic E-state index is 0.126. The van der Waals surface area contributed by atoms with E-state index >= 15 is 0 Å². The number of hydrogen-bond acceptors (Lipinski definition) is 4. The molecule has 8 nitrogen and oxygen atoms in total. The molecule has 0 unspecified atom stereocenters. The summed E-state index contributed by atoms with van der Waals surface area (Å²) in [6.45, 7) is 0.733. The predicted molar refractivity (Wildman–Crippen MR) is 114 cm³/mol. The second-order valence-corrected chi connectivity index (χ2v) is 8.06. The Morgan fingerprint density at radius 1 is 1.26 bits per heavy atom. The van der Waals surface area contributed by atoms with E-state index in [9.17, 15) is 14.4 Å². The van der Waals surface area contributed by atoms with Crippen molar-refractivity contribution in [2.75, 3.05) is 20.1 Å². The average molecular weight is 463 g/mol. The van der Waals surface area contributed by atoms with Crippen LogP contribution >= 0.6 is 23.2 Å². The van der Waals surface area contributed by atoms with Gasteiger partial charge in [0.2, 0.25) is 5.91 Å². The van der Waals surface area contributed by atoms with Gasteiger partial charge in [0.05, 0.1) is 46.7 Å². The number of hydrogen-bond donors (Lipinski definition) is 2. The number of nitrogens with zero attached hydrogens (tertiary/aromatic N) is 2. The average Bonchev–Trinajstić information content (AvgIpc) is 3.38. The molecule has 4 rings (SSSR count). The summed E-state index contributed by atoms with van der Waals surface area (Å²) >= 11 is 12.5. The number of carbonyl (C=O) groups excluding carboxylic acids is 3. The molecule has 2 N–H and O–H groups in total. The highest BCUT2D eigenvalue weighted by Crippen LogP contribution is 2.39. The van der Waals surface area contributed by atoms with Gasteiger partial charge in [-0.05, 0) is 23.8 Å². The molecule has 4 amide bonds. The Labute approximate surface area is 188 Å². The SMILES string of the molecule is CN1C(=O)N[C@@H](c2cccc(Cl)c2Cl)C2=C1CN(CCC(=O)NCc1ccco1)C2=O. The molecule has 0 fully saturated rings. The number of halogens is 2. The fourth-order valence-corrected chi connectivity index (χ4v) is 4.12. The first kappa shape index (κ1) is 21.3. The maximum absolute atomic E-state index is 13.2. The summed E-state index contributed by atoms with van der Waals surface area (Å²) in [5, 5.41) is 6.20. The summed E-state index contributed by atoms with van der Waals surface area (Å²) < 4.78 is 5.19. The number of likely N-dealkylation sites (N-methyl/N-ethyl adjacent to an activating group) is 1. The summed E-state index contributed by atoms with van der Waals surface area (Å²) in [6.07, 6.45) is 1.66. The minimum Gasteiger partial charge on any atom is -0.467 e. The quantitative estimate of drug-likeness (QED) is 0.689. The van der Waals surface area contributed by atoms with Crippen LogP contribution in [-0.4, -0.2) is 47.8 Å². The zero-order chi connectivity index (χ0) is 22.1. The van der Waals surface area contributed by atoms with Crippen LogP contribution in [0, 0.1) is 0 Å². The number of urea groups is 1. The zero-order valence-electron chi connectivity index (χ0n) is 16.7. The van der Waals surface area contributed by atoms with E-state index in [2.05, 4.69) is 10.6 Å². The highest BCUT2D eigenvalue weighted by molar-refractivity contribution is 6.42. The summed E-state index contributed by atoms with van der Waals surface area (Å²) in [5.74, 6) is 0.197. The van der Waals surface area contributed by atoms with Crippen molar-refractivity contribution < 1.29 is 18.8 Å². The van der Waals surface area contributed by atoms with E-state index in [1.807, 2.05) is 0 Å². The van der Waals surface area contributed by atoms with Crippen LogP contribution in [-0.2, 0) is 16.1 Å². The highest BCUT2D eigenvalue weighted by atomic mass is 35.5. The maximum Gasteiger partial charge on any atom is 0.322 e. The molecule has 0 aliphatic carbocycles. The topological polar surface area (TPSA) is 94.9 Å². The Balaban J connectivity index is 1.48. The van der Waals surface area contributed by atoms with Crippen LogP contribution in [0.2, 0.25) is 10.0 Å². The lowest BCUT2D eigenvalue weighted by Crippen LogP contribution is -2.45. The van der Waals surface area contributed by atoms with Crippen LogP contribution in [0.3, 0.4) is 0 Å². The van der Waals surface area contributed by atoms with Gasteiger partial charge in [0.1, 0.15) is 5.76 Å². The minimum atomic E-state index is -0.713. The molecule has 2 aliphatic heterocycles. The fourth-order valence-electron chi connectivity index (χ4n) is 3.70. The number of amides is 4. The van der Waals surface area contributed by atoms with Crippen molar-refractivity contribution in [1.82, 2.24) is 20.4 Å². The van der Waals surface area contributed by atoms with Crippen molar-refractivity contribution in [2.45, 2.75) is 19.0 Å². The van der Waals surface area contributed by atoms with E-state index in [4.69, 9.17) is 27.6 Å². The van der Waals surface area contributed by atoms with Crippen LogP contribution in [0.4, 0.5) is 4.79 Å². The molecule has 162 valence electrons. The van der Waals surface area contributed by atoms with Crippen molar-refractivity contribution >= 4 is 41.0 Å². The van der Waals surface area contributed by atoms with E-state index in [0.717, 1.165) is 0 Å². The summed E-state index contributed by atoms with van der Waals surface area (Å²) in [5.41, 5.74) is 1.57. The molecule has 0 bridgehead atoms. The van der Waals surface area contributed by atoms with Gasteiger partial charge in [-0.25, -0.2) is 4.79 Å². The van der Waals surface area contributed by atoms with Crippen molar-refractivity contribution in [1.29, 1.82) is 0 Å². The van der Waals surface area contributed by atoms with Crippen molar-refractivity contribution in [3.05, 3.63) is 69.2 Å². The molecule has 3 heterocycles. The molecule has 0 saturated heterocycles. The van der Waals surface area contributed by atoms with Gasteiger partial charge in [-0.15, -0.1) is 0 Å². The monoisotopic (exact) mass is 462 g/mol. The van der Waals surface area contributed by atoms with Crippen molar-refractivity contribution in [3.63, 3.8) is 0 Å². The first-order chi connectivity index (χ1) is 14.9. The number of nitrogens with one attached hydrogen (secondary N) is 2. The lowest BCUT2D eigenvalue weighted by atomic mass is 9.95. The number of rotatable bonds is 6. The first-order valence-electron chi connectivity index (χ1n) is 9.66. The highest BCUT2D eigenvalue weighted by Gasteiger charge is 2.43. The van der Waals surface area contributed by atoms with Crippen LogP contribution in [0.5, 0.6) is 0 Å². The molecular weight excluding hydrogens is 443 g/mol. The van der Waals surface area contributed by atoms with E-state index in [1.165, 1.54) is 11.2 Å². The van der Waals surface area contributed by atoms with Crippen molar-refractivity contribution in [3.8, 4) is 0 Å². The van der Waals surface area contributed by atoms with Gasteiger partial charge in [0, 0.05) is 20.0 Å². The number of furan rings is 1. The van der Waals surface area contributed by atoms with E-state index in [0.29, 0.717) is 27.6 Å². The Morgan fingerprint density at radius 2 is 2.06 bits per heavy atom. The number of benzene rings is 1. The first-order valence-corrected chi connectivity index (χ1v) is 10.4. The van der Waals surface area contributed by atoms with Gasteiger partial charge in [-0.2, -0.15) is 0 Å². The van der Waals surface area contributed by atoms with Gasteiger partial charge in [-0.3, -0.25) is 14.5 Å². The lowest BCUT2D eigenvalue weighted by molar-refractivity contribution is -0.127. The Bertz CT molecular complexity index is 1070. The molecule has 0 spiro atoms. The molecule has 1 aromatic carbocycles. The van der Waals surface area contributed by atoms with Crippen LogP contribution < -0.4 is 10.6 Å². The Morgan fingerprint density at radius 3 is 2.81 bits per heavy atom. The molecule has 10 heteroatoms. The van der Waals surface area contributed by atoms with Crippen molar-refractivity contribution in [2.24, 2.45) is 0 Å². The second kappa shape index (κ2) is 8.64. The molecule has 31 heavy (non-hydrogen) atoms. The molecular formula is C21H20Cl2N4O4. The lowest BCUT2D eigenvalue weighted by Gasteiger charge is -2.31.